The van der Waals surface area contributed by atoms with Gasteiger partial charge >= 0.3 is 0 Å². The lowest BCUT2D eigenvalue weighted by molar-refractivity contribution is 0.0170. The highest BCUT2D eigenvalue weighted by molar-refractivity contribution is 7.99. The predicted octanol–water partition coefficient (Wildman–Crippen LogP) is 11.3. The van der Waals surface area contributed by atoms with E-state index in [0.717, 1.165) is 38.3 Å². The molecule has 8 rings (SSSR count). The van der Waals surface area contributed by atoms with Crippen LogP contribution in [0.1, 0.15) is 44.7 Å². The number of ether oxygens (including phenoxy) is 5. The molecule has 0 fully saturated rings. The number of benzene rings is 7. The van der Waals surface area contributed by atoms with Gasteiger partial charge in [0.2, 0.25) is 0 Å². The molecule has 0 saturated heterocycles. The fraction of sp³-hybridized carbons (Fsp3) is 0.143. The first-order valence-electron chi connectivity index (χ1n) is 18.7. The molecule has 0 spiro atoms. The molecule has 6 nitrogen and oxygen atoms in total. The van der Waals surface area contributed by atoms with E-state index in [1.54, 1.807) is 11.8 Å². The summed E-state index contributed by atoms with van der Waals surface area (Å²) in [6.07, 6.45) is -1.72. The van der Waals surface area contributed by atoms with Crippen LogP contribution in [-0.4, -0.2) is 11.2 Å². The summed E-state index contributed by atoms with van der Waals surface area (Å²) in [5.41, 5.74) is 5.66. The molecule has 280 valence electrons. The van der Waals surface area contributed by atoms with Crippen LogP contribution in [0.4, 0.5) is 0 Å². The Balaban J connectivity index is 1.17. The maximum atomic E-state index is 12.4. The molecule has 0 aromatic heterocycles. The average molecular weight is 759 g/mol. The summed E-state index contributed by atoms with van der Waals surface area (Å²) >= 11 is 1.58. The lowest BCUT2D eigenvalue weighted by Gasteiger charge is -2.38. The van der Waals surface area contributed by atoms with Crippen LogP contribution in [0.15, 0.2) is 187 Å². The van der Waals surface area contributed by atoms with Crippen LogP contribution in [0.2, 0.25) is 0 Å². The van der Waals surface area contributed by atoms with Gasteiger partial charge in [-0.3, -0.25) is 0 Å². The van der Waals surface area contributed by atoms with Crippen molar-refractivity contribution in [3.8, 4) is 28.7 Å². The summed E-state index contributed by atoms with van der Waals surface area (Å²) in [7, 11) is 0. The highest BCUT2D eigenvalue weighted by Gasteiger charge is 2.42. The summed E-state index contributed by atoms with van der Waals surface area (Å²) in [5.74, 6) is 2.94. The molecular weight excluding hydrogens is 717 g/mol. The molecule has 0 aliphatic carbocycles. The second-order valence-corrected chi connectivity index (χ2v) is 14.7. The standard InChI is InChI=1S/C49H42O6S/c50-47-48(39-26-27-42(52-32-36-18-8-2-9-19-36)43(28-39)53-33-37-20-10-3-11-21-37)55-45-30-40(51-31-35-16-6-1-7-17-35)29-44(54-34-38-22-12-4-13-23-38)46(45)49(47)56-41-24-14-5-15-25-41/h1-30,47-50H,31-34H2/t47-,48-,49+/m1/s1. The summed E-state index contributed by atoms with van der Waals surface area (Å²) in [6.45, 7) is 1.44. The topological polar surface area (TPSA) is 66.4 Å². The molecule has 0 radical (unpaired) electrons. The SMILES string of the molecule is O[C@@H]1[C@@H](c2ccc(OCc3ccccc3)c(OCc3ccccc3)c2)Oc2cc(OCc3ccccc3)cc(OCc3ccccc3)c2[C@@H]1Sc1ccccc1. The Morgan fingerprint density at radius 1 is 0.464 bits per heavy atom. The normalized spacial score (nSPS) is 15.9. The zero-order valence-corrected chi connectivity index (χ0v) is 31.6. The molecule has 1 N–H and O–H groups in total. The number of fused-ring (bicyclic) bond motifs is 1. The minimum Gasteiger partial charge on any atom is -0.489 e. The lowest BCUT2D eigenvalue weighted by atomic mass is 9.93. The van der Waals surface area contributed by atoms with Gasteiger partial charge in [0.05, 0.1) is 10.8 Å². The van der Waals surface area contributed by atoms with Crippen LogP contribution in [-0.2, 0) is 26.4 Å². The second kappa shape index (κ2) is 18.0. The molecule has 1 aliphatic rings. The van der Waals surface area contributed by atoms with Crippen LogP contribution in [0, 0.1) is 0 Å². The van der Waals surface area contributed by atoms with E-state index in [2.05, 4.69) is 12.1 Å². The minimum atomic E-state index is -0.971. The molecule has 56 heavy (non-hydrogen) atoms. The summed E-state index contributed by atoms with van der Waals surface area (Å²) in [6, 6.07) is 59.8. The summed E-state index contributed by atoms with van der Waals surface area (Å²) in [5, 5.41) is 12.0. The number of aliphatic hydroxyl groups is 1. The Morgan fingerprint density at radius 3 is 1.46 bits per heavy atom. The molecular formula is C49H42O6S. The van der Waals surface area contributed by atoms with Gasteiger partial charge in [-0.25, -0.2) is 0 Å². The molecule has 0 amide bonds. The van der Waals surface area contributed by atoms with Crippen LogP contribution < -0.4 is 23.7 Å². The van der Waals surface area contributed by atoms with Gasteiger partial charge in [-0.05, 0) is 52.1 Å². The molecule has 0 bridgehead atoms. The van der Waals surface area contributed by atoms with E-state index in [4.69, 9.17) is 23.7 Å². The first-order chi connectivity index (χ1) is 27.7. The first kappa shape index (κ1) is 36.8. The van der Waals surface area contributed by atoms with Crippen molar-refractivity contribution in [3.05, 3.63) is 215 Å². The maximum absolute atomic E-state index is 12.4. The highest BCUT2D eigenvalue weighted by atomic mass is 32.2. The zero-order chi connectivity index (χ0) is 37.9. The Hall–Kier alpha value is -6.15. The van der Waals surface area contributed by atoms with Crippen LogP contribution in [0.5, 0.6) is 28.7 Å². The third-order valence-electron chi connectivity index (χ3n) is 9.50. The van der Waals surface area contributed by atoms with Crippen LogP contribution in [0.25, 0.3) is 0 Å². The van der Waals surface area contributed by atoms with Gasteiger partial charge in [0.25, 0.3) is 0 Å². The smallest absolute Gasteiger partial charge is 0.162 e. The number of aliphatic hydroxyl groups excluding tert-OH is 1. The van der Waals surface area contributed by atoms with Crippen molar-refractivity contribution >= 4 is 11.8 Å². The molecule has 1 aliphatic heterocycles. The van der Waals surface area contributed by atoms with Crippen molar-refractivity contribution < 1.29 is 28.8 Å². The van der Waals surface area contributed by atoms with Crippen molar-refractivity contribution in [2.24, 2.45) is 0 Å². The molecule has 0 saturated carbocycles. The van der Waals surface area contributed by atoms with E-state index in [0.29, 0.717) is 55.2 Å². The molecule has 7 aromatic rings. The van der Waals surface area contributed by atoms with E-state index in [-0.39, 0.29) is 0 Å². The van der Waals surface area contributed by atoms with Gasteiger partial charge in [0.15, 0.2) is 17.6 Å². The van der Waals surface area contributed by atoms with E-state index in [1.807, 2.05) is 170 Å². The van der Waals surface area contributed by atoms with Gasteiger partial charge in [-0.15, -0.1) is 11.8 Å². The zero-order valence-electron chi connectivity index (χ0n) is 30.8. The number of hydrogen-bond acceptors (Lipinski definition) is 7. The third kappa shape index (κ3) is 9.20. The average Bonchev–Trinajstić information content (AvgIpc) is 3.26. The Bertz CT molecular complexity index is 2290. The molecule has 0 unspecified atom stereocenters. The maximum Gasteiger partial charge on any atom is 0.162 e. The van der Waals surface area contributed by atoms with Crippen molar-refractivity contribution in [1.29, 1.82) is 0 Å². The van der Waals surface area contributed by atoms with E-state index in [1.165, 1.54) is 0 Å². The van der Waals surface area contributed by atoms with Gasteiger partial charge in [-0.1, -0.05) is 146 Å². The van der Waals surface area contributed by atoms with Gasteiger partial charge in [0, 0.05) is 17.0 Å². The summed E-state index contributed by atoms with van der Waals surface area (Å²) in [4.78, 5) is 1.01. The van der Waals surface area contributed by atoms with Gasteiger partial charge < -0.3 is 28.8 Å². The van der Waals surface area contributed by atoms with Crippen molar-refractivity contribution in [1.82, 2.24) is 0 Å². The third-order valence-corrected chi connectivity index (χ3v) is 10.8. The van der Waals surface area contributed by atoms with E-state index >= 15 is 0 Å². The molecule has 3 atom stereocenters. The van der Waals surface area contributed by atoms with Crippen molar-refractivity contribution in [3.63, 3.8) is 0 Å². The number of rotatable bonds is 15. The number of hydrogen-bond donors (Lipinski definition) is 1. The molecule has 1 heterocycles. The predicted molar refractivity (Wildman–Crippen MR) is 220 cm³/mol. The molecule has 7 aromatic carbocycles. The Kier molecular flexibility index (Phi) is 11.8. The Labute approximate surface area is 332 Å². The van der Waals surface area contributed by atoms with Crippen molar-refractivity contribution in [2.75, 3.05) is 0 Å². The Morgan fingerprint density at radius 2 is 0.929 bits per heavy atom. The fourth-order valence-corrected chi connectivity index (χ4v) is 7.85. The largest absolute Gasteiger partial charge is 0.489 e. The lowest BCUT2D eigenvalue weighted by Crippen LogP contribution is -2.33. The summed E-state index contributed by atoms with van der Waals surface area (Å²) < 4.78 is 32.6. The number of thioether (sulfide) groups is 1. The van der Waals surface area contributed by atoms with Crippen molar-refractivity contribution in [2.45, 2.75) is 48.8 Å². The van der Waals surface area contributed by atoms with E-state index < -0.39 is 17.5 Å². The van der Waals surface area contributed by atoms with Gasteiger partial charge in [0.1, 0.15) is 49.8 Å². The van der Waals surface area contributed by atoms with E-state index in [9.17, 15) is 5.11 Å². The second-order valence-electron chi connectivity index (χ2n) is 13.5. The van der Waals surface area contributed by atoms with Crippen LogP contribution in [0.3, 0.4) is 0 Å². The van der Waals surface area contributed by atoms with Crippen LogP contribution >= 0.6 is 11.8 Å². The quantitative estimate of drug-likeness (QED) is 0.112. The molecule has 7 heteroatoms. The first-order valence-corrected chi connectivity index (χ1v) is 19.6. The monoisotopic (exact) mass is 758 g/mol. The minimum absolute atomic E-state index is 0.338. The highest BCUT2D eigenvalue weighted by Crippen LogP contribution is 2.55. The fourth-order valence-electron chi connectivity index (χ4n) is 6.61. The van der Waals surface area contributed by atoms with Gasteiger partial charge in [-0.2, -0.15) is 0 Å².